The molecule has 9 aromatic carbocycles. The van der Waals surface area contributed by atoms with Crippen LogP contribution in [0.1, 0.15) is 44.9 Å². The summed E-state index contributed by atoms with van der Waals surface area (Å²) in [6.07, 6.45) is 9.22. The molecule has 4 aromatic heterocycles. The predicted molar refractivity (Wildman–Crippen MR) is 344 cm³/mol. The molecule has 2 aliphatic rings. The Morgan fingerprint density at radius 2 is 0.812 bits per heavy atom. The van der Waals surface area contributed by atoms with Crippen LogP contribution in [0.4, 0.5) is 0 Å². The molecule has 0 aliphatic heterocycles. The van der Waals surface area contributed by atoms with Gasteiger partial charge >= 0.3 is 0 Å². The van der Waals surface area contributed by atoms with Crippen LogP contribution in [0.15, 0.2) is 200 Å². The van der Waals surface area contributed by atoms with Gasteiger partial charge in [0.25, 0.3) is 0 Å². The van der Waals surface area contributed by atoms with E-state index in [2.05, 4.69) is 247 Å². The second-order valence-corrected chi connectivity index (χ2v) is 28.9. The van der Waals surface area contributed by atoms with Gasteiger partial charge in [-0.3, -0.25) is 0 Å². The van der Waals surface area contributed by atoms with Crippen molar-refractivity contribution in [1.82, 2.24) is 28.7 Å². The predicted octanol–water partition coefficient (Wildman–Crippen LogP) is 16.9. The van der Waals surface area contributed by atoms with E-state index < -0.39 is 8.07 Å². The van der Waals surface area contributed by atoms with Crippen molar-refractivity contribution in [3.05, 3.63) is 200 Å². The average molecular weight is 1050 g/mol. The third-order valence-electron chi connectivity index (χ3n) is 19.0. The highest BCUT2D eigenvalue weighted by Crippen LogP contribution is 2.46. The second-order valence-electron chi connectivity index (χ2n) is 24.1. The Labute approximate surface area is 470 Å². The number of fused-ring (bicyclic) bond motifs is 9. The molecule has 0 spiro atoms. The molecule has 2 fully saturated rings. The molecule has 2 aliphatic carbocycles. The van der Waals surface area contributed by atoms with Gasteiger partial charge in [0, 0.05) is 49.0 Å². The molecule has 0 amide bonds. The fourth-order valence-corrected chi connectivity index (χ4v) is 17.5. The van der Waals surface area contributed by atoms with E-state index in [1.807, 2.05) is 0 Å². The number of hydrogen-bond donors (Lipinski definition) is 0. The summed E-state index contributed by atoms with van der Waals surface area (Å²) < 4.78 is 7.62. The van der Waals surface area contributed by atoms with Gasteiger partial charge in [-0.1, -0.05) is 252 Å². The minimum absolute atomic E-state index is 0.336. The molecule has 0 N–H and O–H groups in total. The van der Waals surface area contributed by atoms with Crippen molar-refractivity contribution >= 4 is 103 Å². The summed E-state index contributed by atoms with van der Waals surface area (Å²) in [4.78, 5) is 16.7. The van der Waals surface area contributed by atoms with Crippen molar-refractivity contribution in [2.24, 2.45) is 0 Å². The maximum absolute atomic E-state index is 5.67. The first kappa shape index (κ1) is 48.8. The van der Waals surface area contributed by atoms with E-state index in [0.717, 1.165) is 66.9 Å². The fraction of sp³-hybridized carbons (Fsp3) is 0.197. The molecule has 9 heteroatoms. The van der Waals surface area contributed by atoms with Crippen molar-refractivity contribution in [3.63, 3.8) is 0 Å². The van der Waals surface area contributed by atoms with E-state index in [4.69, 9.17) is 15.0 Å². The highest BCUT2D eigenvalue weighted by Gasteiger charge is 2.38. The molecule has 388 valence electrons. The van der Waals surface area contributed by atoms with Crippen LogP contribution in [-0.4, -0.2) is 50.2 Å². The van der Waals surface area contributed by atoms with Gasteiger partial charge in [0.2, 0.25) is 0 Å². The van der Waals surface area contributed by atoms with Crippen LogP contribution in [-0.2, 0) is 0 Å². The van der Waals surface area contributed by atoms with Crippen molar-refractivity contribution in [2.75, 3.05) is 0 Å². The Bertz CT molecular complexity index is 4490. The summed E-state index contributed by atoms with van der Waals surface area (Å²) in [6.45, 7) is 12.9. The zero-order valence-electron chi connectivity index (χ0n) is 46.5. The molecule has 0 unspecified atom stereocenters. The molecular weight excluding hydrogens is 987 g/mol. The highest BCUT2D eigenvalue weighted by molar-refractivity contribution is 6.91. The molecule has 0 saturated heterocycles. The normalized spacial score (nSPS) is 14.4. The number of aromatic nitrogens is 6. The van der Waals surface area contributed by atoms with Gasteiger partial charge in [-0.25, -0.2) is 15.0 Å². The summed E-state index contributed by atoms with van der Waals surface area (Å²) in [5.74, 6) is 2.65. The molecule has 4 heterocycles. The number of nitrogens with zero attached hydrogens (tertiary/aromatic N) is 6. The standard InChI is InChI=1S/C71H64B2N6Si/c1-72(2)50-25-18-21-46(41-50)69-74-70(47-22-19-26-51(42-47)73(3)49-23-6-7-24-49)76-71(75-69)48-43-66(77-60-34-13-8-29-54(60)55-30-9-14-35-61(55)77)68(79-63-37-16-10-31-56(63)57-32-11-17-38-64(57)79)67(44-48)78-62-36-15-12-33-58(62)59-45-53(39-40-65(59)78)80(4,5)52-27-20-28-52/h8-19,21-22,25-26,29-45,49,52H,6-7,20,23-24,27-28H2,1-5H3. The smallest absolute Gasteiger partial charge is 0.175 e. The zero-order valence-corrected chi connectivity index (χ0v) is 47.5. The van der Waals surface area contributed by atoms with Crippen molar-refractivity contribution in [1.29, 1.82) is 0 Å². The summed E-state index contributed by atoms with van der Waals surface area (Å²) in [7, 11) is -1.77. The summed E-state index contributed by atoms with van der Waals surface area (Å²) >= 11 is 0. The first-order valence-electron chi connectivity index (χ1n) is 29.3. The third kappa shape index (κ3) is 7.86. The van der Waals surface area contributed by atoms with Crippen LogP contribution in [0.3, 0.4) is 0 Å². The first-order valence-corrected chi connectivity index (χ1v) is 32.4. The van der Waals surface area contributed by atoms with Gasteiger partial charge in [0.05, 0.1) is 58.2 Å². The lowest BCUT2D eigenvalue weighted by molar-refractivity contribution is 0.489. The molecular formula is C71H64B2N6Si. The Hall–Kier alpha value is -8.26. The molecule has 0 atom stereocenters. The second kappa shape index (κ2) is 19.2. The Balaban J connectivity index is 1.10. The maximum Gasteiger partial charge on any atom is 0.175 e. The fourth-order valence-electron chi connectivity index (χ4n) is 14.1. The zero-order chi connectivity index (χ0) is 53.8. The van der Waals surface area contributed by atoms with E-state index in [1.54, 1.807) is 0 Å². The average Bonchev–Trinajstić information content (AvgIpc) is 4.41. The number of benzene rings is 9. The lowest BCUT2D eigenvalue weighted by atomic mass is 9.38. The number of rotatable bonds is 11. The van der Waals surface area contributed by atoms with Crippen molar-refractivity contribution in [2.45, 2.75) is 89.9 Å². The van der Waals surface area contributed by atoms with Crippen LogP contribution in [0.2, 0.25) is 44.9 Å². The lowest BCUT2D eigenvalue weighted by Gasteiger charge is -2.39. The van der Waals surface area contributed by atoms with E-state index in [1.165, 1.54) is 98.9 Å². The molecule has 2 saturated carbocycles. The van der Waals surface area contributed by atoms with Crippen LogP contribution in [0, 0.1) is 0 Å². The lowest BCUT2D eigenvalue weighted by Crippen LogP contribution is -2.48. The largest absolute Gasteiger partial charge is 0.307 e. The third-order valence-corrected chi connectivity index (χ3v) is 23.4. The monoisotopic (exact) mass is 1050 g/mol. The van der Waals surface area contributed by atoms with Crippen LogP contribution in [0.25, 0.3) is 117 Å². The SMILES string of the molecule is CB(C)c1cccc(-c2nc(-c3cccc(B(C)C4CCCC4)c3)nc(-c3cc(-n4c5ccccc5c5ccccc54)c(-n4c5ccccc5c5ccccc54)c(-n4c5ccccc5c5cc([Si](C)(C)C6CCC6)ccc54)c3)n2)c1. The van der Waals surface area contributed by atoms with Gasteiger partial charge in [-0.05, 0) is 54.1 Å². The van der Waals surface area contributed by atoms with Gasteiger partial charge in [0.1, 0.15) is 0 Å². The van der Waals surface area contributed by atoms with Gasteiger partial charge in [-0.2, -0.15) is 0 Å². The van der Waals surface area contributed by atoms with Crippen molar-refractivity contribution < 1.29 is 0 Å². The minimum Gasteiger partial charge on any atom is -0.307 e. The summed E-state index contributed by atoms with van der Waals surface area (Å²) in [5.41, 5.74) is 16.3. The Morgan fingerprint density at radius 1 is 0.388 bits per heavy atom. The first-order chi connectivity index (χ1) is 39.2. The van der Waals surface area contributed by atoms with Gasteiger partial charge in [0.15, 0.2) is 30.9 Å². The van der Waals surface area contributed by atoms with E-state index in [0.29, 0.717) is 36.7 Å². The van der Waals surface area contributed by atoms with Gasteiger partial charge in [-0.15, -0.1) is 0 Å². The van der Waals surface area contributed by atoms with Crippen LogP contribution in [0.5, 0.6) is 0 Å². The highest BCUT2D eigenvalue weighted by atomic mass is 28.3. The Kier molecular flexibility index (Phi) is 11.7. The molecule has 0 radical (unpaired) electrons. The minimum atomic E-state index is -1.77. The quantitative estimate of drug-likeness (QED) is 0.121. The molecule has 6 nitrogen and oxygen atoms in total. The molecule has 15 rings (SSSR count). The van der Waals surface area contributed by atoms with E-state index >= 15 is 0 Å². The number of para-hydroxylation sites is 5. The summed E-state index contributed by atoms with van der Waals surface area (Å²) in [5, 5.41) is 8.90. The Morgan fingerprint density at radius 3 is 1.29 bits per heavy atom. The van der Waals surface area contributed by atoms with Crippen LogP contribution >= 0.6 is 0 Å². The number of hydrogen-bond acceptors (Lipinski definition) is 3. The molecule has 13 aromatic rings. The molecule has 80 heavy (non-hydrogen) atoms. The summed E-state index contributed by atoms with van der Waals surface area (Å²) in [6, 6.07) is 74.9. The van der Waals surface area contributed by atoms with Gasteiger partial charge < -0.3 is 13.7 Å². The topological polar surface area (TPSA) is 53.5 Å². The maximum atomic E-state index is 5.67. The van der Waals surface area contributed by atoms with E-state index in [9.17, 15) is 0 Å². The van der Waals surface area contributed by atoms with E-state index in [-0.39, 0.29) is 0 Å². The van der Waals surface area contributed by atoms with Crippen LogP contribution < -0.4 is 16.1 Å². The van der Waals surface area contributed by atoms with Crippen molar-refractivity contribution in [3.8, 4) is 51.2 Å². The molecule has 0 bridgehead atoms.